The first-order valence-corrected chi connectivity index (χ1v) is 7.07. The number of carbonyl (C=O) groups is 1. The highest BCUT2D eigenvalue weighted by Crippen LogP contribution is 2.26. The fourth-order valence-electron chi connectivity index (χ4n) is 2.53. The second-order valence-corrected chi connectivity index (χ2v) is 5.88. The highest BCUT2D eigenvalue weighted by Gasteiger charge is 2.21. The summed E-state index contributed by atoms with van der Waals surface area (Å²) in [6.07, 6.45) is 4.86. The zero-order chi connectivity index (χ0) is 13.1. The molecule has 1 amide bonds. The summed E-state index contributed by atoms with van der Waals surface area (Å²) in [5, 5.41) is 0. The predicted molar refractivity (Wildman–Crippen MR) is 73.0 cm³/mol. The van der Waals surface area contributed by atoms with E-state index < -0.39 is 5.82 Å². The van der Waals surface area contributed by atoms with Crippen LogP contribution in [0.2, 0.25) is 0 Å². The zero-order valence-corrected chi connectivity index (χ0v) is 12.0. The molecule has 98 valence electrons. The largest absolute Gasteiger partial charge is 0.341 e. The van der Waals surface area contributed by atoms with Crippen molar-refractivity contribution in [2.24, 2.45) is 5.92 Å². The summed E-state index contributed by atoms with van der Waals surface area (Å²) in [6, 6.07) is 4.56. The molecule has 0 N–H and O–H groups in total. The lowest BCUT2D eigenvalue weighted by Gasteiger charge is -2.21. The third-order valence-electron chi connectivity index (χ3n) is 3.52. The van der Waals surface area contributed by atoms with Gasteiger partial charge in [-0.15, -0.1) is 0 Å². The van der Waals surface area contributed by atoms with Crippen LogP contribution in [-0.4, -0.2) is 24.4 Å². The third kappa shape index (κ3) is 3.10. The van der Waals surface area contributed by atoms with Crippen molar-refractivity contribution in [2.45, 2.75) is 25.7 Å². The summed E-state index contributed by atoms with van der Waals surface area (Å²) in [5.74, 6) is -0.114. The van der Waals surface area contributed by atoms with Crippen molar-refractivity contribution in [3.63, 3.8) is 0 Å². The number of nitrogens with zero attached hydrogens (tertiary/aromatic N) is 1. The van der Waals surface area contributed by atoms with E-state index >= 15 is 0 Å². The molecule has 4 heteroatoms. The maximum atomic E-state index is 13.7. The molecule has 0 saturated heterocycles. The SMILES string of the molecule is CN(CC1CCCC1)C(=O)c1ccc(Br)cc1F. The third-order valence-corrected chi connectivity index (χ3v) is 4.01. The molecule has 2 nitrogen and oxygen atoms in total. The molecular formula is C14H17BrFNO. The molecular weight excluding hydrogens is 297 g/mol. The molecule has 0 bridgehead atoms. The van der Waals surface area contributed by atoms with E-state index in [2.05, 4.69) is 15.9 Å². The molecule has 1 saturated carbocycles. The summed E-state index contributed by atoms with van der Waals surface area (Å²) in [4.78, 5) is 13.8. The van der Waals surface area contributed by atoms with E-state index in [1.54, 1.807) is 18.0 Å². The Bertz CT molecular complexity index is 443. The molecule has 1 aromatic rings. The van der Waals surface area contributed by atoms with Gasteiger partial charge in [0.05, 0.1) is 5.56 Å². The fourth-order valence-corrected chi connectivity index (χ4v) is 2.86. The maximum absolute atomic E-state index is 13.7. The van der Waals surface area contributed by atoms with E-state index in [0.29, 0.717) is 10.4 Å². The molecule has 2 rings (SSSR count). The van der Waals surface area contributed by atoms with Crippen molar-refractivity contribution in [3.8, 4) is 0 Å². The van der Waals surface area contributed by atoms with Gasteiger partial charge in [-0.3, -0.25) is 4.79 Å². The number of halogens is 2. The maximum Gasteiger partial charge on any atom is 0.256 e. The van der Waals surface area contributed by atoms with Crippen molar-refractivity contribution in [2.75, 3.05) is 13.6 Å². The van der Waals surface area contributed by atoms with Gasteiger partial charge >= 0.3 is 0 Å². The minimum absolute atomic E-state index is 0.152. The Morgan fingerprint density at radius 1 is 1.44 bits per heavy atom. The average molecular weight is 314 g/mol. The molecule has 0 heterocycles. The van der Waals surface area contributed by atoms with Crippen LogP contribution in [0, 0.1) is 11.7 Å². The first-order valence-electron chi connectivity index (χ1n) is 6.28. The Hall–Kier alpha value is -0.900. The number of hydrogen-bond donors (Lipinski definition) is 0. The minimum Gasteiger partial charge on any atom is -0.341 e. The Balaban J connectivity index is 2.05. The van der Waals surface area contributed by atoms with Crippen molar-refractivity contribution < 1.29 is 9.18 Å². The van der Waals surface area contributed by atoms with E-state index in [1.165, 1.54) is 37.8 Å². The normalized spacial score (nSPS) is 15.9. The van der Waals surface area contributed by atoms with Crippen molar-refractivity contribution in [1.29, 1.82) is 0 Å². The van der Waals surface area contributed by atoms with Crippen molar-refractivity contribution >= 4 is 21.8 Å². The first-order chi connectivity index (χ1) is 8.58. The Morgan fingerprint density at radius 3 is 2.72 bits per heavy atom. The quantitative estimate of drug-likeness (QED) is 0.830. The van der Waals surface area contributed by atoms with E-state index in [-0.39, 0.29) is 11.5 Å². The lowest BCUT2D eigenvalue weighted by molar-refractivity contribution is 0.0768. The van der Waals surface area contributed by atoms with Gasteiger partial charge in [-0.05, 0) is 37.0 Å². The number of hydrogen-bond acceptors (Lipinski definition) is 1. The Kier molecular flexibility index (Phi) is 4.38. The number of rotatable bonds is 3. The van der Waals surface area contributed by atoms with Gasteiger partial charge in [0, 0.05) is 18.1 Å². The second-order valence-electron chi connectivity index (χ2n) is 4.96. The van der Waals surface area contributed by atoms with Crippen LogP contribution in [0.25, 0.3) is 0 Å². The summed E-state index contributed by atoms with van der Waals surface area (Å²) in [6.45, 7) is 0.730. The van der Waals surface area contributed by atoms with Crippen molar-refractivity contribution in [3.05, 3.63) is 34.1 Å². The van der Waals surface area contributed by atoms with E-state index in [1.807, 2.05) is 0 Å². The van der Waals surface area contributed by atoms with Gasteiger partial charge in [-0.1, -0.05) is 28.8 Å². The van der Waals surface area contributed by atoms with Gasteiger partial charge in [0.15, 0.2) is 0 Å². The molecule has 1 fully saturated rings. The Labute approximate surface area is 115 Å². The van der Waals surface area contributed by atoms with E-state index in [0.717, 1.165) is 6.54 Å². The molecule has 0 atom stereocenters. The van der Waals surface area contributed by atoms with Crippen LogP contribution in [0.3, 0.4) is 0 Å². The molecule has 0 aliphatic heterocycles. The highest BCUT2D eigenvalue weighted by molar-refractivity contribution is 9.10. The van der Waals surface area contributed by atoms with Crippen LogP contribution in [0.15, 0.2) is 22.7 Å². The first kappa shape index (κ1) is 13.5. The zero-order valence-electron chi connectivity index (χ0n) is 10.5. The van der Waals surface area contributed by atoms with Crippen LogP contribution < -0.4 is 0 Å². The van der Waals surface area contributed by atoms with Crippen LogP contribution >= 0.6 is 15.9 Å². The monoisotopic (exact) mass is 313 g/mol. The van der Waals surface area contributed by atoms with Gasteiger partial charge in [0.1, 0.15) is 5.82 Å². The minimum atomic E-state index is -0.465. The van der Waals surface area contributed by atoms with Gasteiger partial charge in [-0.2, -0.15) is 0 Å². The summed E-state index contributed by atoms with van der Waals surface area (Å²) < 4.78 is 14.3. The summed E-state index contributed by atoms with van der Waals surface area (Å²) in [7, 11) is 1.75. The van der Waals surface area contributed by atoms with Gasteiger partial charge < -0.3 is 4.90 Å². The highest BCUT2D eigenvalue weighted by atomic mass is 79.9. The van der Waals surface area contributed by atoms with E-state index in [9.17, 15) is 9.18 Å². The fraction of sp³-hybridized carbons (Fsp3) is 0.500. The molecule has 1 aliphatic rings. The topological polar surface area (TPSA) is 20.3 Å². The number of amides is 1. The van der Waals surface area contributed by atoms with Gasteiger partial charge in [0.25, 0.3) is 5.91 Å². The molecule has 0 aromatic heterocycles. The molecule has 1 aliphatic carbocycles. The lowest BCUT2D eigenvalue weighted by Crippen LogP contribution is -2.31. The molecule has 0 spiro atoms. The standard InChI is InChI=1S/C14H17BrFNO/c1-17(9-10-4-2-3-5-10)14(18)12-7-6-11(15)8-13(12)16/h6-8,10H,2-5,9H2,1H3. The number of benzene rings is 1. The average Bonchev–Trinajstić information content (AvgIpc) is 2.81. The predicted octanol–water partition coefficient (Wildman–Crippen LogP) is 3.85. The van der Waals surface area contributed by atoms with Crippen molar-refractivity contribution in [1.82, 2.24) is 4.90 Å². The Morgan fingerprint density at radius 2 is 2.11 bits per heavy atom. The lowest BCUT2D eigenvalue weighted by atomic mass is 10.1. The van der Waals surface area contributed by atoms with Crippen LogP contribution in [0.4, 0.5) is 4.39 Å². The smallest absolute Gasteiger partial charge is 0.256 e. The molecule has 0 unspecified atom stereocenters. The summed E-state index contributed by atoms with van der Waals surface area (Å²) >= 11 is 3.19. The number of carbonyl (C=O) groups excluding carboxylic acids is 1. The van der Waals surface area contributed by atoms with Crippen LogP contribution in [0.1, 0.15) is 36.0 Å². The molecule has 0 radical (unpaired) electrons. The molecule has 18 heavy (non-hydrogen) atoms. The molecule has 1 aromatic carbocycles. The summed E-state index contributed by atoms with van der Waals surface area (Å²) in [5.41, 5.74) is 0.152. The van der Waals surface area contributed by atoms with Gasteiger partial charge in [-0.25, -0.2) is 4.39 Å². The van der Waals surface area contributed by atoms with E-state index in [4.69, 9.17) is 0 Å². The second kappa shape index (κ2) is 5.83. The van der Waals surface area contributed by atoms with Crippen LogP contribution in [0.5, 0.6) is 0 Å². The van der Waals surface area contributed by atoms with Crippen LogP contribution in [-0.2, 0) is 0 Å². The van der Waals surface area contributed by atoms with Gasteiger partial charge in [0.2, 0.25) is 0 Å².